The fraction of sp³-hybridized carbons (Fsp3) is 0.143. The van der Waals surface area contributed by atoms with Gasteiger partial charge in [-0.15, -0.1) is 64.4 Å². The monoisotopic (exact) mass is 1090 g/mol. The molecule has 0 spiro atoms. The SMILES string of the molecule is CC(C)(C)c1ccccc1-n1c(-c2[c-]cccc2)nc2ccccc21.[2H]C([2H])(c1[c-]c(-c2cc3sc4ccc(-c5ccccc5)cc4c3cn2)cc2oc3cc(-c4ccccc4)ccc3c12)C(C)(C)C.[Ir]. The molecule has 4 nitrogen and oxygen atoms in total. The molecule has 12 aromatic rings. The Morgan fingerprint density at radius 2 is 1.29 bits per heavy atom. The van der Waals surface area contributed by atoms with E-state index >= 15 is 0 Å². The molecule has 0 amide bonds. The first kappa shape index (κ1) is 43.3. The summed E-state index contributed by atoms with van der Waals surface area (Å²) < 4.78 is 29.8. The van der Waals surface area contributed by atoms with Gasteiger partial charge in [-0.1, -0.05) is 168 Å². The molecule has 0 aliphatic rings. The molecule has 1 radical (unpaired) electrons. The van der Waals surface area contributed by atoms with Crippen molar-refractivity contribution in [3.63, 3.8) is 0 Å². The Balaban J connectivity index is 0.000000190. The van der Waals surface area contributed by atoms with Gasteiger partial charge in [-0.25, -0.2) is 0 Å². The van der Waals surface area contributed by atoms with Crippen molar-refractivity contribution in [1.82, 2.24) is 14.5 Å². The van der Waals surface area contributed by atoms with Crippen molar-refractivity contribution in [1.29, 1.82) is 0 Å². The van der Waals surface area contributed by atoms with Gasteiger partial charge in [0.25, 0.3) is 0 Å². The topological polar surface area (TPSA) is 43.9 Å². The summed E-state index contributed by atoms with van der Waals surface area (Å²) in [5, 5.41) is 3.95. The molecular weight excluding hydrogens is 1040 g/mol. The van der Waals surface area contributed by atoms with Crippen molar-refractivity contribution in [3.05, 3.63) is 211 Å². The number of hydrogen-bond acceptors (Lipinski definition) is 4. The Labute approximate surface area is 424 Å². The molecule has 0 N–H and O–H groups in total. The third kappa shape index (κ3) is 9.09. The Morgan fingerprint density at radius 3 is 2.01 bits per heavy atom. The third-order valence-corrected chi connectivity index (χ3v) is 13.4. The fourth-order valence-corrected chi connectivity index (χ4v) is 10.3. The van der Waals surface area contributed by atoms with Crippen LogP contribution < -0.4 is 0 Å². The van der Waals surface area contributed by atoms with Crippen molar-refractivity contribution in [3.8, 4) is 50.6 Å². The average molecular weight is 1090 g/mol. The van der Waals surface area contributed by atoms with E-state index in [1.54, 1.807) is 11.3 Å². The second-order valence-corrected chi connectivity index (χ2v) is 20.5. The van der Waals surface area contributed by atoms with Crippen molar-refractivity contribution >= 4 is 64.5 Å². The molecule has 0 saturated carbocycles. The average Bonchev–Trinajstić information content (AvgIpc) is 4.07. The zero-order valence-corrected chi connectivity index (χ0v) is 42.6. The van der Waals surface area contributed by atoms with Gasteiger partial charge in [0.15, 0.2) is 0 Å². The van der Waals surface area contributed by atoms with E-state index in [0.29, 0.717) is 11.1 Å². The molecule has 0 fully saturated rings. The van der Waals surface area contributed by atoms with E-state index in [-0.39, 0.29) is 25.5 Å². The summed E-state index contributed by atoms with van der Waals surface area (Å²) in [4.78, 5) is 9.83. The number of fused-ring (bicyclic) bond motifs is 7. The predicted molar refractivity (Wildman–Crippen MR) is 287 cm³/mol. The standard InChI is InChI=1S/C40H30NOS.C23H21N2.Ir/c1-40(2,3)23-30-18-29(21-36-39(30)31-16-14-28(20-35(31)42-36)26-12-8-5-9-13-26)34-22-38-33(24-41-34)32-19-27(15-17-37(32)43-38)25-10-6-4-7-11-25;1-23(2,3)18-13-7-9-15-20(18)25-21-16-10-8-14-19(21)24-22(25)17-11-5-4-6-12-17;/h4-17,19-22,24H,23H2,1-3H3;4-11,13-16H,1-3H3;/q2*-1;/i23D2;;. The van der Waals surface area contributed by atoms with E-state index in [0.717, 1.165) is 71.2 Å². The van der Waals surface area contributed by atoms with Gasteiger partial charge in [-0.3, -0.25) is 4.98 Å². The van der Waals surface area contributed by atoms with E-state index in [1.165, 1.54) is 32.5 Å². The van der Waals surface area contributed by atoms with Crippen LogP contribution in [0.3, 0.4) is 0 Å². The minimum absolute atomic E-state index is 0. The molecule has 0 aliphatic carbocycles. The largest absolute Gasteiger partial charge is 0.476 e. The summed E-state index contributed by atoms with van der Waals surface area (Å²) in [7, 11) is 0. The molecule has 341 valence electrons. The van der Waals surface area contributed by atoms with Gasteiger partial charge in [-0.2, -0.15) is 0 Å². The van der Waals surface area contributed by atoms with Crippen LogP contribution in [-0.4, -0.2) is 14.5 Å². The summed E-state index contributed by atoms with van der Waals surface area (Å²) >= 11 is 1.74. The van der Waals surface area contributed by atoms with E-state index in [2.05, 4.69) is 153 Å². The summed E-state index contributed by atoms with van der Waals surface area (Å²) in [5.74, 6) is 0.929. The van der Waals surface area contributed by atoms with Crippen LogP contribution in [0.2, 0.25) is 0 Å². The normalized spacial score (nSPS) is 12.5. The van der Waals surface area contributed by atoms with Gasteiger partial charge in [0.1, 0.15) is 5.58 Å². The van der Waals surface area contributed by atoms with Crippen molar-refractivity contribution < 1.29 is 27.3 Å². The first-order chi connectivity index (χ1) is 33.7. The van der Waals surface area contributed by atoms with E-state index in [9.17, 15) is 2.74 Å². The second-order valence-electron chi connectivity index (χ2n) is 19.4. The van der Waals surface area contributed by atoms with Gasteiger partial charge in [-0.05, 0) is 92.5 Å². The molecule has 4 aromatic heterocycles. The van der Waals surface area contributed by atoms with Crippen LogP contribution in [-0.2, 0) is 31.9 Å². The van der Waals surface area contributed by atoms with Crippen LogP contribution in [0.1, 0.15) is 55.4 Å². The minimum Gasteiger partial charge on any atom is -0.476 e. The predicted octanol–water partition coefficient (Wildman–Crippen LogP) is 17.5. The molecule has 0 atom stereocenters. The summed E-state index contributed by atoms with van der Waals surface area (Å²) in [6.45, 7) is 12.5. The molecule has 12 rings (SSSR count). The Kier molecular flexibility index (Phi) is 11.6. The van der Waals surface area contributed by atoms with Crippen LogP contribution in [0.25, 0.3) is 104 Å². The maximum Gasteiger partial charge on any atom is 0.124 e. The molecule has 0 aliphatic heterocycles. The first-order valence-corrected chi connectivity index (χ1v) is 24.0. The summed E-state index contributed by atoms with van der Waals surface area (Å²) in [6, 6.07) is 69.3. The van der Waals surface area contributed by atoms with E-state index in [4.69, 9.17) is 14.4 Å². The number of pyridine rings is 1. The number of nitrogens with zero attached hydrogens (tertiary/aromatic N) is 3. The van der Waals surface area contributed by atoms with Gasteiger partial charge in [0.05, 0.1) is 22.4 Å². The zero-order chi connectivity index (χ0) is 48.4. The smallest absolute Gasteiger partial charge is 0.124 e. The van der Waals surface area contributed by atoms with E-state index < -0.39 is 11.8 Å². The second kappa shape index (κ2) is 18.5. The number of para-hydroxylation sites is 3. The molecule has 6 heteroatoms. The van der Waals surface area contributed by atoms with Crippen molar-refractivity contribution in [2.24, 2.45) is 5.41 Å². The maximum atomic E-state index is 9.32. The molecule has 69 heavy (non-hydrogen) atoms. The number of thiophene rings is 1. The van der Waals surface area contributed by atoms with Crippen LogP contribution in [0.15, 0.2) is 193 Å². The zero-order valence-electron chi connectivity index (χ0n) is 41.4. The first-order valence-electron chi connectivity index (χ1n) is 24.1. The Morgan fingerprint density at radius 1 is 0.609 bits per heavy atom. The quantitative estimate of drug-likeness (QED) is 0.156. The molecule has 0 bridgehead atoms. The van der Waals surface area contributed by atoms with E-state index in [1.807, 2.05) is 93.7 Å². The summed E-state index contributed by atoms with van der Waals surface area (Å²) in [5.41, 5.74) is 12.8. The molecule has 8 aromatic carbocycles. The van der Waals surface area contributed by atoms with Crippen LogP contribution in [0.4, 0.5) is 0 Å². The van der Waals surface area contributed by atoms with Crippen LogP contribution >= 0.6 is 11.3 Å². The number of benzene rings is 8. The van der Waals surface area contributed by atoms with Crippen LogP contribution in [0.5, 0.6) is 0 Å². The maximum absolute atomic E-state index is 9.32. The van der Waals surface area contributed by atoms with Gasteiger partial charge in [0.2, 0.25) is 0 Å². The Bertz CT molecular complexity index is 3880. The fourth-order valence-electron chi connectivity index (χ4n) is 9.17. The third-order valence-electron chi connectivity index (χ3n) is 12.3. The molecule has 4 heterocycles. The minimum atomic E-state index is -1.69. The van der Waals surface area contributed by atoms with Crippen molar-refractivity contribution in [2.75, 3.05) is 0 Å². The number of aromatic nitrogens is 3. The van der Waals surface area contributed by atoms with Gasteiger partial charge >= 0.3 is 0 Å². The molecule has 0 unspecified atom stereocenters. The van der Waals surface area contributed by atoms with Gasteiger partial charge in [0, 0.05) is 54.9 Å². The Hall–Kier alpha value is -6.95. The molecule has 0 saturated heterocycles. The van der Waals surface area contributed by atoms with Crippen molar-refractivity contribution in [2.45, 2.75) is 53.3 Å². The van der Waals surface area contributed by atoms with Gasteiger partial charge < -0.3 is 14.0 Å². The van der Waals surface area contributed by atoms with Crippen LogP contribution in [0, 0.1) is 17.5 Å². The number of furan rings is 1. The number of imidazole rings is 1. The molecular formula is C63H51IrN3OS-2. The number of rotatable bonds is 6. The number of hydrogen-bond donors (Lipinski definition) is 0. The summed E-state index contributed by atoms with van der Waals surface area (Å²) in [6.07, 6.45) is 0.255.